The van der Waals surface area contributed by atoms with Gasteiger partial charge in [-0.15, -0.1) is 0 Å². The molecule has 1 amide bonds. The first-order chi connectivity index (χ1) is 14.7. The summed E-state index contributed by atoms with van der Waals surface area (Å²) in [6.45, 7) is 3.74. The predicted molar refractivity (Wildman–Crippen MR) is 115 cm³/mol. The second-order valence-corrected chi connectivity index (χ2v) is 6.57. The highest BCUT2D eigenvalue weighted by molar-refractivity contribution is 6.34. The third kappa shape index (κ3) is 6.71. The molecule has 0 saturated heterocycles. The van der Waals surface area contributed by atoms with Crippen LogP contribution in [0.25, 0.3) is 6.08 Å². The monoisotopic (exact) mass is 448 g/mol. The number of ether oxygens (including phenoxy) is 3. The van der Waals surface area contributed by atoms with E-state index in [0.717, 1.165) is 6.07 Å². The predicted octanol–water partition coefficient (Wildman–Crippen LogP) is 4.24. The van der Waals surface area contributed by atoms with E-state index in [0.29, 0.717) is 23.7 Å². The highest BCUT2D eigenvalue weighted by atomic mass is 35.5. The molecule has 0 aliphatic rings. The van der Waals surface area contributed by atoms with Crippen LogP contribution in [0.1, 0.15) is 19.4 Å². The molecule has 10 heteroatoms. The molecule has 1 N–H and O–H groups in total. The van der Waals surface area contributed by atoms with Crippen molar-refractivity contribution in [3.8, 4) is 11.5 Å². The Bertz CT molecular complexity index is 1010. The van der Waals surface area contributed by atoms with Crippen molar-refractivity contribution in [2.75, 3.05) is 19.0 Å². The molecule has 2 aromatic rings. The molecular formula is C21H21ClN2O7. The average Bonchev–Trinajstić information content (AvgIpc) is 2.74. The average molecular weight is 449 g/mol. The Morgan fingerprint density at radius 2 is 1.97 bits per heavy atom. The Morgan fingerprint density at radius 1 is 1.23 bits per heavy atom. The summed E-state index contributed by atoms with van der Waals surface area (Å²) in [6.07, 6.45) is 1.56. The molecule has 1 atom stereocenters. The number of rotatable bonds is 9. The molecule has 0 saturated carbocycles. The Morgan fingerprint density at radius 3 is 2.58 bits per heavy atom. The lowest BCUT2D eigenvalue weighted by molar-refractivity contribution is -0.384. The van der Waals surface area contributed by atoms with Crippen LogP contribution in [0.4, 0.5) is 11.4 Å². The van der Waals surface area contributed by atoms with E-state index in [-0.39, 0.29) is 16.4 Å². The van der Waals surface area contributed by atoms with Crippen molar-refractivity contribution in [3.63, 3.8) is 0 Å². The zero-order valence-electron chi connectivity index (χ0n) is 17.1. The molecule has 31 heavy (non-hydrogen) atoms. The van der Waals surface area contributed by atoms with Crippen LogP contribution >= 0.6 is 11.6 Å². The maximum atomic E-state index is 12.2. The molecule has 0 fully saturated rings. The van der Waals surface area contributed by atoms with E-state index in [4.69, 9.17) is 25.8 Å². The van der Waals surface area contributed by atoms with Crippen LogP contribution in [0.2, 0.25) is 5.02 Å². The van der Waals surface area contributed by atoms with Gasteiger partial charge in [0, 0.05) is 18.2 Å². The minimum Gasteiger partial charge on any atom is -0.493 e. The fourth-order valence-corrected chi connectivity index (χ4v) is 2.67. The van der Waals surface area contributed by atoms with E-state index in [9.17, 15) is 19.7 Å². The second kappa shape index (κ2) is 11.0. The molecule has 2 rings (SSSR count). The van der Waals surface area contributed by atoms with Crippen molar-refractivity contribution in [2.45, 2.75) is 20.0 Å². The van der Waals surface area contributed by atoms with Crippen LogP contribution < -0.4 is 14.8 Å². The third-order valence-corrected chi connectivity index (χ3v) is 4.30. The summed E-state index contributed by atoms with van der Waals surface area (Å²) < 4.78 is 15.8. The van der Waals surface area contributed by atoms with Crippen LogP contribution in [0.15, 0.2) is 42.5 Å². The molecule has 0 aromatic heterocycles. The van der Waals surface area contributed by atoms with E-state index < -0.39 is 22.9 Å². The number of carbonyl (C=O) groups excluding carboxylic acids is 2. The lowest BCUT2D eigenvalue weighted by atomic mass is 10.2. The molecule has 2 aromatic carbocycles. The summed E-state index contributed by atoms with van der Waals surface area (Å²) in [5, 5.41) is 13.2. The number of non-ortho nitro benzene ring substituents is 1. The lowest BCUT2D eigenvalue weighted by Gasteiger charge is -2.13. The Labute approximate surface area is 183 Å². The zero-order chi connectivity index (χ0) is 23.0. The number of nitrogens with one attached hydrogen (secondary N) is 1. The molecule has 0 bridgehead atoms. The summed E-state index contributed by atoms with van der Waals surface area (Å²) in [6, 6.07) is 8.77. The molecule has 0 unspecified atom stereocenters. The molecule has 0 radical (unpaired) electrons. The normalized spacial score (nSPS) is 11.6. The van der Waals surface area contributed by atoms with Gasteiger partial charge in [0.15, 0.2) is 17.6 Å². The summed E-state index contributed by atoms with van der Waals surface area (Å²) in [4.78, 5) is 34.4. The van der Waals surface area contributed by atoms with Gasteiger partial charge in [-0.2, -0.15) is 0 Å². The van der Waals surface area contributed by atoms with Crippen LogP contribution in [-0.2, 0) is 14.3 Å². The van der Waals surface area contributed by atoms with Gasteiger partial charge in [0.2, 0.25) is 0 Å². The van der Waals surface area contributed by atoms with Gasteiger partial charge in [-0.1, -0.05) is 17.7 Å². The fraction of sp³-hybridized carbons (Fsp3) is 0.238. The van der Waals surface area contributed by atoms with Gasteiger partial charge in [-0.25, -0.2) is 4.79 Å². The Hall–Kier alpha value is -3.59. The largest absolute Gasteiger partial charge is 0.493 e. The standard InChI is InChI=1S/C21H21ClN2O7/c1-4-30-18-9-5-14(11-19(18)29-3)6-10-20(25)31-13(2)21(26)23-17-8-7-15(24(27)28)12-16(17)22/h5-13H,4H2,1-3H3,(H,23,26)/b10-6-/t13-/m0/s1. The minimum absolute atomic E-state index is 0.00887. The van der Waals surface area contributed by atoms with E-state index in [1.807, 2.05) is 6.92 Å². The molecule has 0 aliphatic carbocycles. The van der Waals surface area contributed by atoms with Crippen molar-refractivity contribution in [3.05, 3.63) is 63.2 Å². The van der Waals surface area contributed by atoms with Gasteiger partial charge in [-0.05, 0) is 43.7 Å². The van der Waals surface area contributed by atoms with E-state index in [1.54, 1.807) is 18.2 Å². The van der Waals surface area contributed by atoms with Gasteiger partial charge >= 0.3 is 5.97 Å². The van der Waals surface area contributed by atoms with Crippen molar-refractivity contribution < 1.29 is 28.7 Å². The highest BCUT2D eigenvalue weighted by Crippen LogP contribution is 2.29. The van der Waals surface area contributed by atoms with Gasteiger partial charge in [0.25, 0.3) is 11.6 Å². The molecule has 0 spiro atoms. The lowest BCUT2D eigenvalue weighted by Crippen LogP contribution is -2.29. The number of benzene rings is 2. The molecular weight excluding hydrogens is 428 g/mol. The SMILES string of the molecule is CCOc1ccc(/C=C\C(=O)O[C@@H](C)C(=O)Nc2ccc([N+](=O)[O-])cc2Cl)cc1OC. The van der Waals surface area contributed by atoms with Crippen LogP contribution in [0, 0.1) is 10.1 Å². The van der Waals surface area contributed by atoms with Gasteiger partial charge in [-0.3, -0.25) is 14.9 Å². The first-order valence-electron chi connectivity index (χ1n) is 9.19. The number of nitro groups is 1. The van der Waals surface area contributed by atoms with Crippen LogP contribution in [0.3, 0.4) is 0 Å². The molecule has 9 nitrogen and oxygen atoms in total. The minimum atomic E-state index is -1.13. The van der Waals surface area contributed by atoms with Crippen molar-refractivity contribution in [2.24, 2.45) is 0 Å². The van der Waals surface area contributed by atoms with Crippen LogP contribution in [0.5, 0.6) is 11.5 Å². The maximum absolute atomic E-state index is 12.2. The highest BCUT2D eigenvalue weighted by Gasteiger charge is 2.19. The van der Waals surface area contributed by atoms with E-state index >= 15 is 0 Å². The number of halogens is 1. The molecule has 164 valence electrons. The van der Waals surface area contributed by atoms with Gasteiger partial charge in [0.05, 0.1) is 29.4 Å². The number of hydrogen-bond donors (Lipinski definition) is 1. The number of methoxy groups -OCH3 is 1. The Kier molecular flexibility index (Phi) is 8.39. The van der Waals surface area contributed by atoms with E-state index in [1.165, 1.54) is 38.3 Å². The van der Waals surface area contributed by atoms with E-state index in [2.05, 4.69) is 5.32 Å². The number of amides is 1. The van der Waals surface area contributed by atoms with Gasteiger partial charge in [0.1, 0.15) is 0 Å². The summed E-state index contributed by atoms with van der Waals surface area (Å²) >= 11 is 5.94. The van der Waals surface area contributed by atoms with Crippen molar-refractivity contribution in [1.82, 2.24) is 0 Å². The molecule has 0 aliphatic heterocycles. The summed E-state index contributed by atoms with van der Waals surface area (Å²) in [7, 11) is 1.51. The number of esters is 1. The maximum Gasteiger partial charge on any atom is 0.331 e. The number of nitro benzene ring substituents is 1. The number of anilines is 1. The van der Waals surface area contributed by atoms with Crippen LogP contribution in [-0.4, -0.2) is 36.6 Å². The number of nitrogens with zero attached hydrogens (tertiary/aromatic N) is 1. The fourth-order valence-electron chi connectivity index (χ4n) is 2.45. The summed E-state index contributed by atoms with van der Waals surface area (Å²) in [5.74, 6) is -0.268. The Balaban J connectivity index is 1.97. The first kappa shape index (κ1) is 23.7. The summed E-state index contributed by atoms with van der Waals surface area (Å²) in [5.41, 5.74) is 0.628. The van der Waals surface area contributed by atoms with Crippen molar-refractivity contribution >= 4 is 40.9 Å². The second-order valence-electron chi connectivity index (χ2n) is 6.17. The van der Waals surface area contributed by atoms with Crippen molar-refractivity contribution in [1.29, 1.82) is 0 Å². The zero-order valence-corrected chi connectivity index (χ0v) is 17.8. The third-order valence-electron chi connectivity index (χ3n) is 3.98. The number of carbonyl (C=O) groups is 2. The first-order valence-corrected chi connectivity index (χ1v) is 9.57. The number of hydrogen-bond acceptors (Lipinski definition) is 7. The van der Waals surface area contributed by atoms with Gasteiger partial charge < -0.3 is 19.5 Å². The smallest absolute Gasteiger partial charge is 0.331 e. The quantitative estimate of drug-likeness (QED) is 0.264. The molecule has 0 heterocycles. The topological polar surface area (TPSA) is 117 Å².